The summed E-state index contributed by atoms with van der Waals surface area (Å²) in [4.78, 5) is 0. The van der Waals surface area contributed by atoms with Crippen molar-refractivity contribution in [3.05, 3.63) is 16.4 Å². The number of ether oxygens (including phenoxy) is 1. The van der Waals surface area contributed by atoms with Gasteiger partial charge in [0.15, 0.2) is 0 Å². The molecule has 1 atom stereocenters. The van der Waals surface area contributed by atoms with Crippen molar-refractivity contribution in [1.82, 2.24) is 9.78 Å². The largest absolute Gasteiger partial charge is 0.387 e. The molecule has 1 aromatic heterocycles. The summed E-state index contributed by atoms with van der Waals surface area (Å²) in [6.45, 7) is 4.01. The van der Waals surface area contributed by atoms with Crippen molar-refractivity contribution in [2.45, 2.75) is 32.3 Å². The summed E-state index contributed by atoms with van der Waals surface area (Å²) in [7, 11) is 3.40. The molecule has 0 aromatic carbocycles. The summed E-state index contributed by atoms with van der Waals surface area (Å²) in [6.07, 6.45) is 1.22. The molecule has 92 valence electrons. The Labute approximate surface area is 101 Å². The molecule has 0 spiro atoms. The van der Waals surface area contributed by atoms with Crippen LogP contribution in [0.15, 0.2) is 0 Å². The molecule has 1 heterocycles. The summed E-state index contributed by atoms with van der Waals surface area (Å²) in [5.41, 5.74) is 0.796. The lowest BCUT2D eigenvalue weighted by atomic mass is 10.0. The first kappa shape index (κ1) is 13.5. The lowest BCUT2D eigenvalue weighted by Crippen LogP contribution is -2.33. The van der Waals surface area contributed by atoms with Gasteiger partial charge in [0.25, 0.3) is 0 Å². The normalized spacial score (nSPS) is 15.1. The minimum absolute atomic E-state index is 0.274. The Kier molecular flexibility index (Phi) is 4.35. The van der Waals surface area contributed by atoms with Gasteiger partial charge in [-0.15, -0.1) is 0 Å². The van der Waals surface area contributed by atoms with Gasteiger partial charge in [0.1, 0.15) is 0 Å². The van der Waals surface area contributed by atoms with Crippen LogP contribution in [-0.2, 0) is 24.6 Å². The Hall–Kier alpha value is -0.580. The van der Waals surface area contributed by atoms with Crippen molar-refractivity contribution in [2.75, 3.05) is 13.7 Å². The number of halogens is 1. The van der Waals surface area contributed by atoms with Crippen LogP contribution in [0.4, 0.5) is 0 Å². The quantitative estimate of drug-likeness (QED) is 0.858. The van der Waals surface area contributed by atoms with Crippen LogP contribution in [0.25, 0.3) is 0 Å². The van der Waals surface area contributed by atoms with E-state index in [0.717, 1.165) is 17.8 Å². The van der Waals surface area contributed by atoms with Crippen LogP contribution < -0.4 is 0 Å². The third kappa shape index (κ3) is 2.97. The molecule has 0 radical (unpaired) electrons. The highest BCUT2D eigenvalue weighted by atomic mass is 35.5. The Balaban J connectivity index is 2.92. The van der Waals surface area contributed by atoms with Crippen molar-refractivity contribution in [3.63, 3.8) is 0 Å². The van der Waals surface area contributed by atoms with Gasteiger partial charge in [-0.05, 0) is 13.3 Å². The molecule has 1 N–H and O–H groups in total. The first-order chi connectivity index (χ1) is 7.41. The minimum atomic E-state index is -0.919. The Bertz CT molecular complexity index is 361. The van der Waals surface area contributed by atoms with Gasteiger partial charge < -0.3 is 9.84 Å². The number of aliphatic hydroxyl groups is 1. The van der Waals surface area contributed by atoms with E-state index >= 15 is 0 Å². The molecule has 0 saturated heterocycles. The van der Waals surface area contributed by atoms with Crippen molar-refractivity contribution in [3.8, 4) is 0 Å². The molecule has 5 heteroatoms. The number of rotatable bonds is 5. The number of hydrogen-bond acceptors (Lipinski definition) is 3. The number of hydrogen-bond donors (Lipinski definition) is 1. The van der Waals surface area contributed by atoms with E-state index < -0.39 is 5.60 Å². The number of methoxy groups -OCH3 is 1. The molecule has 1 rings (SSSR count). The molecular weight excluding hydrogens is 228 g/mol. The van der Waals surface area contributed by atoms with E-state index in [9.17, 15) is 5.11 Å². The van der Waals surface area contributed by atoms with E-state index in [1.165, 1.54) is 0 Å². The van der Waals surface area contributed by atoms with Gasteiger partial charge >= 0.3 is 0 Å². The molecule has 0 aliphatic rings. The average Bonchev–Trinajstić information content (AvgIpc) is 2.45. The fourth-order valence-electron chi connectivity index (χ4n) is 1.73. The van der Waals surface area contributed by atoms with Gasteiger partial charge in [-0.1, -0.05) is 18.5 Å². The standard InChI is InChI=1S/C11H19ClN2O2/c1-5-8-10(12)9(14(3)13-8)6-11(2,15)7-16-4/h15H,5-7H2,1-4H3. The highest BCUT2D eigenvalue weighted by Gasteiger charge is 2.25. The molecule has 16 heavy (non-hydrogen) atoms. The second-order valence-corrected chi connectivity index (χ2v) is 4.67. The lowest BCUT2D eigenvalue weighted by Gasteiger charge is -2.22. The zero-order valence-electron chi connectivity index (χ0n) is 10.2. The second kappa shape index (κ2) is 5.17. The molecule has 1 unspecified atom stereocenters. The van der Waals surface area contributed by atoms with Crippen molar-refractivity contribution >= 4 is 11.6 Å². The van der Waals surface area contributed by atoms with Crippen LogP contribution in [-0.4, -0.2) is 34.2 Å². The maximum Gasteiger partial charge on any atom is 0.0907 e. The third-order valence-corrected chi connectivity index (χ3v) is 2.94. The highest BCUT2D eigenvalue weighted by molar-refractivity contribution is 6.31. The number of nitrogens with zero attached hydrogens (tertiary/aromatic N) is 2. The topological polar surface area (TPSA) is 47.3 Å². The Morgan fingerprint density at radius 1 is 1.56 bits per heavy atom. The summed E-state index contributed by atoms with van der Waals surface area (Å²) in [5.74, 6) is 0. The molecule has 0 aliphatic carbocycles. The van der Waals surface area contributed by atoms with Gasteiger partial charge in [0, 0.05) is 20.6 Å². The SMILES string of the molecule is CCc1nn(C)c(CC(C)(O)COC)c1Cl. The third-order valence-electron chi connectivity index (χ3n) is 2.51. The molecule has 0 saturated carbocycles. The van der Waals surface area contributed by atoms with Gasteiger partial charge in [0.2, 0.25) is 0 Å². The predicted molar refractivity (Wildman–Crippen MR) is 63.8 cm³/mol. The Morgan fingerprint density at radius 2 is 2.19 bits per heavy atom. The smallest absolute Gasteiger partial charge is 0.0907 e. The van der Waals surface area contributed by atoms with Crippen LogP contribution in [0, 0.1) is 0 Å². The maximum atomic E-state index is 10.1. The zero-order chi connectivity index (χ0) is 12.3. The predicted octanol–water partition coefficient (Wildman–Crippen LogP) is 1.58. The van der Waals surface area contributed by atoms with Crippen LogP contribution in [0.5, 0.6) is 0 Å². The average molecular weight is 247 g/mol. The summed E-state index contributed by atoms with van der Waals surface area (Å²) in [6, 6.07) is 0. The minimum Gasteiger partial charge on any atom is -0.387 e. The van der Waals surface area contributed by atoms with Crippen molar-refractivity contribution in [2.24, 2.45) is 7.05 Å². The summed E-state index contributed by atoms with van der Waals surface area (Å²) in [5, 5.41) is 15.0. The first-order valence-electron chi connectivity index (χ1n) is 5.33. The molecular formula is C11H19ClN2O2. The highest BCUT2D eigenvalue weighted by Crippen LogP contribution is 2.24. The maximum absolute atomic E-state index is 10.1. The van der Waals surface area contributed by atoms with E-state index in [1.807, 2.05) is 14.0 Å². The van der Waals surface area contributed by atoms with Gasteiger partial charge in [0.05, 0.1) is 28.6 Å². The first-order valence-corrected chi connectivity index (χ1v) is 5.70. The summed E-state index contributed by atoms with van der Waals surface area (Å²) < 4.78 is 6.70. The van der Waals surface area contributed by atoms with E-state index in [1.54, 1.807) is 18.7 Å². The van der Waals surface area contributed by atoms with Crippen LogP contribution in [0.3, 0.4) is 0 Å². The fourth-order valence-corrected chi connectivity index (χ4v) is 2.10. The molecule has 0 amide bonds. The number of aryl methyl sites for hydroxylation is 2. The molecule has 0 aliphatic heterocycles. The molecule has 0 fully saturated rings. The van der Waals surface area contributed by atoms with Crippen LogP contribution in [0.1, 0.15) is 25.2 Å². The van der Waals surface area contributed by atoms with Crippen molar-refractivity contribution in [1.29, 1.82) is 0 Å². The van der Waals surface area contributed by atoms with E-state index in [-0.39, 0.29) is 6.61 Å². The molecule has 0 bridgehead atoms. The van der Waals surface area contributed by atoms with Crippen LogP contribution >= 0.6 is 11.6 Å². The van der Waals surface area contributed by atoms with Crippen molar-refractivity contribution < 1.29 is 9.84 Å². The molecule has 4 nitrogen and oxygen atoms in total. The van der Waals surface area contributed by atoms with Crippen LogP contribution in [0.2, 0.25) is 5.02 Å². The Morgan fingerprint density at radius 3 is 2.62 bits per heavy atom. The monoisotopic (exact) mass is 246 g/mol. The van der Waals surface area contributed by atoms with E-state index in [2.05, 4.69) is 5.10 Å². The van der Waals surface area contributed by atoms with E-state index in [0.29, 0.717) is 11.4 Å². The van der Waals surface area contributed by atoms with E-state index in [4.69, 9.17) is 16.3 Å². The van der Waals surface area contributed by atoms with Gasteiger partial charge in [-0.25, -0.2) is 0 Å². The summed E-state index contributed by atoms with van der Waals surface area (Å²) >= 11 is 6.20. The van der Waals surface area contributed by atoms with Gasteiger partial charge in [-0.3, -0.25) is 4.68 Å². The lowest BCUT2D eigenvalue weighted by molar-refractivity contribution is -0.0172. The van der Waals surface area contributed by atoms with Gasteiger partial charge in [-0.2, -0.15) is 5.10 Å². The second-order valence-electron chi connectivity index (χ2n) is 4.29. The molecule has 1 aromatic rings. The number of aromatic nitrogens is 2. The zero-order valence-corrected chi connectivity index (χ0v) is 11.0. The fraction of sp³-hybridized carbons (Fsp3) is 0.727.